The number of alkyl carbamates (subject to hydrolysis) is 2. The van der Waals surface area contributed by atoms with Crippen molar-refractivity contribution in [3.05, 3.63) is 143 Å². The highest BCUT2D eigenvalue weighted by Gasteiger charge is 2.41. The van der Waals surface area contributed by atoms with Gasteiger partial charge in [-0.3, -0.25) is 9.59 Å². The van der Waals surface area contributed by atoms with Crippen LogP contribution in [0.1, 0.15) is 137 Å². The fourth-order valence-corrected chi connectivity index (χ4v) is 12.5. The molecule has 6 atom stereocenters. The smallest absolute Gasteiger partial charge is 0.407 e. The minimum Gasteiger partial charge on any atom is -0.453 e. The summed E-state index contributed by atoms with van der Waals surface area (Å²) >= 11 is 0. The van der Waals surface area contributed by atoms with Gasteiger partial charge in [-0.15, -0.1) is 0 Å². The molecule has 0 saturated carbocycles. The van der Waals surface area contributed by atoms with Crippen LogP contribution in [0.3, 0.4) is 0 Å². The Labute approximate surface area is 460 Å². The molecule has 0 radical (unpaired) electrons. The van der Waals surface area contributed by atoms with Gasteiger partial charge < -0.3 is 49.7 Å². The first kappa shape index (κ1) is 54.6. The Morgan fingerprint density at radius 3 is 1.43 bits per heavy atom. The fourth-order valence-electron chi connectivity index (χ4n) is 12.5. The second-order valence-electron chi connectivity index (χ2n) is 22.1. The van der Waals surface area contributed by atoms with Gasteiger partial charge in [0.25, 0.3) is 0 Å². The van der Waals surface area contributed by atoms with Crippen molar-refractivity contribution in [3.63, 3.8) is 0 Å². The highest BCUT2D eigenvalue weighted by atomic mass is 19.1. The Kier molecular flexibility index (Phi) is 16.4. The molecule has 4 aliphatic heterocycles. The van der Waals surface area contributed by atoms with Crippen molar-refractivity contribution in [1.82, 2.24) is 40.4 Å². The maximum absolute atomic E-state index is 16.7. The van der Waals surface area contributed by atoms with Gasteiger partial charge in [0, 0.05) is 31.9 Å². The first-order valence-electron chi connectivity index (χ1n) is 27.9. The molecule has 4 saturated heterocycles. The Hall–Kier alpha value is -7.76. The van der Waals surface area contributed by atoms with Crippen molar-refractivity contribution in [3.8, 4) is 22.5 Å². The van der Waals surface area contributed by atoms with E-state index >= 15 is 8.78 Å². The lowest BCUT2D eigenvalue weighted by Gasteiger charge is -2.36. The number of nitrogens with zero attached hydrogens (tertiary/aromatic N) is 6. The van der Waals surface area contributed by atoms with Crippen LogP contribution in [0.15, 0.2) is 103 Å². The molecule has 6 aromatic rings. The minimum absolute atomic E-state index is 0.0134. The third kappa shape index (κ3) is 11.4. The lowest BCUT2D eigenvalue weighted by Crippen LogP contribution is -2.51. The summed E-state index contributed by atoms with van der Waals surface area (Å²) < 4.78 is 43.1. The number of aromatic amines is 2. The van der Waals surface area contributed by atoms with Gasteiger partial charge in [-0.2, -0.15) is 0 Å². The zero-order valence-corrected chi connectivity index (χ0v) is 45.9. The monoisotopic (exact) mass is 1080 g/mol. The average Bonchev–Trinajstić information content (AvgIpc) is 4.51. The van der Waals surface area contributed by atoms with Crippen LogP contribution in [0.5, 0.6) is 0 Å². The van der Waals surface area contributed by atoms with Crippen molar-refractivity contribution in [2.45, 2.75) is 121 Å². The topological polar surface area (TPSA) is 181 Å². The molecule has 0 aliphatic carbocycles. The number of carbonyl (C=O) groups is 4. The summed E-state index contributed by atoms with van der Waals surface area (Å²) in [6.07, 6.45) is 8.34. The molecule has 6 heterocycles. The van der Waals surface area contributed by atoms with Crippen molar-refractivity contribution >= 4 is 35.4 Å². The van der Waals surface area contributed by atoms with Gasteiger partial charge in [-0.25, -0.2) is 28.3 Å². The van der Waals surface area contributed by atoms with Crippen LogP contribution in [-0.4, -0.2) is 106 Å². The summed E-state index contributed by atoms with van der Waals surface area (Å²) in [7, 11) is 2.56. The molecular weight excluding hydrogens is 1010 g/mol. The highest BCUT2D eigenvalue weighted by Crippen LogP contribution is 2.49. The fraction of sp³-hybridized carbons (Fsp3) is 0.443. The first-order valence-corrected chi connectivity index (χ1v) is 27.9. The van der Waals surface area contributed by atoms with Gasteiger partial charge in [-0.05, 0) is 109 Å². The van der Waals surface area contributed by atoms with Gasteiger partial charge in [0.2, 0.25) is 11.8 Å². The summed E-state index contributed by atoms with van der Waals surface area (Å²) in [5, 5.41) is 5.42. The standard InChI is InChI=1S/C61H72F2N10O6/c1-36(2)53(68-60(76)78-5)58(74)71-28-10-14-51(71)56-64-34-47(66-56)40-16-20-42(21-17-40)49-24-25-50(73(49)44-32-45(62)55(46(63)33-44)70-30-26-39(27-31-70)38-12-8-7-9-13-38)43-22-18-41(19-23-43)48-35-65-57(67-48)52-15-11-29-72(52)59(75)54(37(3)4)69-61(77)79-6/h7-9,12-13,16-23,32-37,39,49-54H,10-11,14-15,24-31H2,1-6H3,(H,64,66)(H,65,67)(H,68,76)(H,69,77)/t49-,50-,51+,52+,53+,54+/m1/s1. The number of benzene rings is 4. The molecule has 4 aliphatic rings. The van der Waals surface area contributed by atoms with Crippen LogP contribution in [0.4, 0.5) is 29.7 Å². The van der Waals surface area contributed by atoms with E-state index in [4.69, 9.17) is 19.4 Å². The van der Waals surface area contributed by atoms with E-state index < -0.39 is 35.9 Å². The van der Waals surface area contributed by atoms with Crippen molar-refractivity contribution in [2.75, 3.05) is 50.2 Å². The van der Waals surface area contributed by atoms with Crippen molar-refractivity contribution in [1.29, 1.82) is 0 Å². The number of H-pyrrole nitrogens is 2. The number of nitrogens with one attached hydrogen (secondary N) is 4. The molecule has 0 spiro atoms. The molecule has 0 bridgehead atoms. The molecule has 16 nitrogen and oxygen atoms in total. The Bertz CT molecular complexity index is 2930. The molecule has 416 valence electrons. The van der Waals surface area contributed by atoms with Crippen LogP contribution < -0.4 is 20.4 Å². The third-order valence-electron chi connectivity index (χ3n) is 16.7. The summed E-state index contributed by atoms with van der Waals surface area (Å²) in [6.45, 7) is 9.73. The maximum Gasteiger partial charge on any atom is 0.407 e. The van der Waals surface area contributed by atoms with Crippen LogP contribution in [0.25, 0.3) is 22.5 Å². The molecule has 4 amide bonds. The number of methoxy groups -OCH3 is 2. The number of ether oxygens (including phenoxy) is 2. The minimum atomic E-state index is -0.743. The summed E-state index contributed by atoms with van der Waals surface area (Å²) in [5.41, 5.74) is 7.07. The predicted octanol–water partition coefficient (Wildman–Crippen LogP) is 11.3. The molecule has 79 heavy (non-hydrogen) atoms. The molecule has 0 unspecified atom stereocenters. The van der Waals surface area contributed by atoms with E-state index in [-0.39, 0.29) is 53.5 Å². The summed E-state index contributed by atoms with van der Waals surface area (Å²) in [6, 6.07) is 27.2. The van der Waals surface area contributed by atoms with Gasteiger partial charge >= 0.3 is 12.2 Å². The van der Waals surface area contributed by atoms with Gasteiger partial charge in [-0.1, -0.05) is 107 Å². The Morgan fingerprint density at radius 1 is 0.570 bits per heavy atom. The zero-order chi connectivity index (χ0) is 55.5. The number of carbonyl (C=O) groups excluding carboxylic acids is 4. The van der Waals surface area contributed by atoms with Crippen LogP contribution in [0, 0.1) is 23.5 Å². The number of piperidine rings is 1. The molecule has 10 rings (SSSR count). The highest BCUT2D eigenvalue weighted by molar-refractivity contribution is 5.87. The number of hydrogen-bond acceptors (Lipinski definition) is 10. The van der Waals surface area contributed by atoms with Crippen molar-refractivity contribution < 1.29 is 37.4 Å². The van der Waals surface area contributed by atoms with E-state index in [0.29, 0.717) is 49.4 Å². The van der Waals surface area contributed by atoms with Crippen LogP contribution in [-0.2, 0) is 19.1 Å². The van der Waals surface area contributed by atoms with Crippen LogP contribution >= 0.6 is 0 Å². The molecule has 18 heteroatoms. The largest absolute Gasteiger partial charge is 0.453 e. The second-order valence-corrected chi connectivity index (χ2v) is 22.1. The van der Waals surface area contributed by atoms with Gasteiger partial charge in [0.15, 0.2) is 11.6 Å². The molecule has 4 aromatic carbocycles. The Morgan fingerprint density at radius 2 is 1.01 bits per heavy atom. The molecule has 4 fully saturated rings. The Balaban J connectivity index is 0.901. The second kappa shape index (κ2) is 23.7. The normalized spacial score (nSPS) is 20.5. The maximum atomic E-state index is 16.7. The van der Waals surface area contributed by atoms with E-state index in [0.717, 1.165) is 85.0 Å². The predicted molar refractivity (Wildman–Crippen MR) is 298 cm³/mol. The number of hydrogen-bond donors (Lipinski definition) is 4. The van der Waals surface area contributed by atoms with E-state index in [9.17, 15) is 19.2 Å². The quantitative estimate of drug-likeness (QED) is 0.0773. The molecular formula is C61H72F2N10O6. The SMILES string of the molecule is COC(=O)N[C@H](C(=O)N1CCC[C@H]1c1ncc(-c2ccc([C@H]3CC[C@H](c4ccc(-c5cnc([C@@H]6CCCN6C(=O)[C@@H](NC(=O)OC)C(C)C)[nH]5)cc4)N3c3cc(F)c(N4CCC(c5ccccc5)CC4)c(F)c3)cc2)[nH]1)C(C)C. The van der Waals surface area contributed by atoms with E-state index in [1.807, 2.05) is 75.1 Å². The van der Waals surface area contributed by atoms with Gasteiger partial charge in [0.1, 0.15) is 29.4 Å². The van der Waals surface area contributed by atoms with E-state index in [1.54, 1.807) is 22.2 Å². The zero-order valence-electron chi connectivity index (χ0n) is 45.9. The van der Waals surface area contributed by atoms with Gasteiger partial charge in [0.05, 0.1) is 62.2 Å². The summed E-state index contributed by atoms with van der Waals surface area (Å²) in [5.74, 6) is -0.172. The summed E-state index contributed by atoms with van der Waals surface area (Å²) in [4.78, 5) is 76.0. The number of halogens is 2. The average molecular weight is 1080 g/mol. The molecule has 4 N–H and O–H groups in total. The lowest BCUT2D eigenvalue weighted by atomic mass is 9.89. The van der Waals surface area contributed by atoms with E-state index in [1.165, 1.54) is 31.9 Å². The number of likely N-dealkylation sites (tertiary alicyclic amines) is 2. The number of imidazole rings is 2. The first-order chi connectivity index (χ1) is 38.2. The number of anilines is 2. The van der Waals surface area contributed by atoms with Crippen molar-refractivity contribution in [2.24, 2.45) is 11.8 Å². The number of aromatic nitrogens is 4. The van der Waals surface area contributed by atoms with E-state index in [2.05, 4.69) is 61.9 Å². The third-order valence-corrected chi connectivity index (χ3v) is 16.7. The molecule has 2 aromatic heterocycles. The lowest BCUT2D eigenvalue weighted by molar-refractivity contribution is -0.136. The number of rotatable bonds is 15. The number of amides is 4. The van der Waals surface area contributed by atoms with Crippen LogP contribution in [0.2, 0.25) is 0 Å².